The summed E-state index contributed by atoms with van der Waals surface area (Å²) in [4.78, 5) is 28.6. The molecule has 2 atom stereocenters. The molecule has 42 heavy (non-hydrogen) atoms. The number of hydrogen-bond acceptors (Lipinski definition) is 8. The Hall–Kier alpha value is -3.59. The summed E-state index contributed by atoms with van der Waals surface area (Å²) in [7, 11) is 1.35. The van der Waals surface area contributed by atoms with Crippen LogP contribution in [0, 0.1) is 5.82 Å². The van der Waals surface area contributed by atoms with Gasteiger partial charge < -0.3 is 30.2 Å². The van der Waals surface area contributed by atoms with E-state index in [2.05, 4.69) is 10.3 Å². The molecule has 3 aromatic rings. The van der Waals surface area contributed by atoms with Gasteiger partial charge in [-0.15, -0.1) is 0 Å². The summed E-state index contributed by atoms with van der Waals surface area (Å²) in [5.41, 5.74) is 4.32. The maximum atomic E-state index is 14.7. The van der Waals surface area contributed by atoms with E-state index in [-0.39, 0.29) is 39.3 Å². The number of aromatic nitrogens is 1. The number of carboxylic acid groups (broad SMARTS) is 1. The Bertz CT molecular complexity index is 1510. The van der Waals surface area contributed by atoms with Gasteiger partial charge in [-0.2, -0.15) is 13.2 Å². The molecule has 5 N–H and O–H groups in total. The fourth-order valence-electron chi connectivity index (χ4n) is 3.93. The van der Waals surface area contributed by atoms with Crippen LogP contribution in [-0.2, 0) is 9.54 Å². The first kappa shape index (κ1) is 31.3. The summed E-state index contributed by atoms with van der Waals surface area (Å²) in [6.45, 7) is -1.22. The van der Waals surface area contributed by atoms with Gasteiger partial charge in [0.15, 0.2) is 16.2 Å². The van der Waals surface area contributed by atoms with Gasteiger partial charge in [0.1, 0.15) is 11.9 Å². The van der Waals surface area contributed by atoms with Crippen molar-refractivity contribution in [3.05, 3.63) is 76.2 Å². The Balaban J connectivity index is 1.74. The first-order valence-corrected chi connectivity index (χ1v) is 13.4. The van der Waals surface area contributed by atoms with Crippen molar-refractivity contribution in [2.75, 3.05) is 13.7 Å². The molecule has 0 spiro atoms. The number of pyridine rings is 1. The molecule has 1 amide bonds. The lowest BCUT2D eigenvalue weighted by Crippen LogP contribution is -2.49. The van der Waals surface area contributed by atoms with Gasteiger partial charge >= 0.3 is 12.1 Å². The topological polar surface area (TPSA) is 144 Å². The molecular formula is C27H24ClF4N3O6S. The summed E-state index contributed by atoms with van der Waals surface area (Å²) in [6, 6.07) is 7.44. The molecular weight excluding hydrogens is 606 g/mol. The number of aliphatic carboxylic acids is 1. The minimum absolute atomic E-state index is 0.0286. The number of hydrogen-bond donors (Lipinski definition) is 4. The van der Waals surface area contributed by atoms with E-state index in [1.165, 1.54) is 31.4 Å². The molecule has 15 heteroatoms. The van der Waals surface area contributed by atoms with Crippen LogP contribution in [0.3, 0.4) is 0 Å². The summed E-state index contributed by atoms with van der Waals surface area (Å²) in [6.07, 6.45) is -3.48. The number of methoxy groups -OCH3 is 1. The minimum atomic E-state index is -5.24. The number of ether oxygens (including phenoxy) is 2. The SMILES string of the molecule is COc1cc(C(=O)NCC(SO)(c2cc(C(N)C(=O)O)cc(-c3ccc(F)c(Cl)c3)n2)C(F)(F)F)ccc1OC1CC1. The Morgan fingerprint density at radius 2 is 1.88 bits per heavy atom. The predicted octanol–water partition coefficient (Wildman–Crippen LogP) is 5.57. The van der Waals surface area contributed by atoms with E-state index in [0.717, 1.165) is 37.1 Å². The molecule has 1 fully saturated rings. The Morgan fingerprint density at radius 3 is 2.45 bits per heavy atom. The fraction of sp³-hybridized carbons (Fsp3) is 0.296. The molecule has 0 saturated heterocycles. The van der Waals surface area contributed by atoms with Gasteiger partial charge in [-0.25, -0.2) is 4.39 Å². The van der Waals surface area contributed by atoms with Gasteiger partial charge in [0, 0.05) is 29.7 Å². The third-order valence-electron chi connectivity index (χ3n) is 6.46. The maximum Gasteiger partial charge on any atom is 0.412 e. The van der Waals surface area contributed by atoms with Crippen LogP contribution in [0.1, 0.15) is 40.5 Å². The molecule has 0 bridgehead atoms. The highest BCUT2D eigenvalue weighted by molar-refractivity contribution is 7.94. The van der Waals surface area contributed by atoms with Crippen LogP contribution < -0.4 is 20.5 Å². The van der Waals surface area contributed by atoms with E-state index in [1.54, 1.807) is 0 Å². The second kappa shape index (κ2) is 12.3. The smallest absolute Gasteiger partial charge is 0.412 e. The number of carboxylic acids is 1. The van der Waals surface area contributed by atoms with Crippen LogP contribution in [-0.4, -0.2) is 52.5 Å². The molecule has 0 radical (unpaired) electrons. The van der Waals surface area contributed by atoms with Crippen molar-refractivity contribution in [1.29, 1.82) is 0 Å². The summed E-state index contributed by atoms with van der Waals surface area (Å²) in [5.74, 6) is -2.72. The fourth-order valence-corrected chi connectivity index (χ4v) is 4.55. The number of amides is 1. The molecule has 1 saturated carbocycles. The average molecular weight is 630 g/mol. The van der Waals surface area contributed by atoms with E-state index in [9.17, 15) is 36.8 Å². The number of nitrogens with zero attached hydrogens (tertiary/aromatic N) is 1. The average Bonchev–Trinajstić information content (AvgIpc) is 3.77. The van der Waals surface area contributed by atoms with E-state index in [0.29, 0.717) is 5.75 Å². The lowest BCUT2D eigenvalue weighted by atomic mass is 9.96. The van der Waals surface area contributed by atoms with Crippen molar-refractivity contribution in [1.82, 2.24) is 10.3 Å². The lowest BCUT2D eigenvalue weighted by Gasteiger charge is -2.33. The number of carbonyl (C=O) groups excluding carboxylic acids is 1. The highest BCUT2D eigenvalue weighted by Crippen LogP contribution is 2.48. The molecule has 2 aromatic carbocycles. The van der Waals surface area contributed by atoms with Crippen molar-refractivity contribution < 1.29 is 46.3 Å². The third kappa shape index (κ3) is 6.56. The first-order valence-electron chi connectivity index (χ1n) is 12.3. The van der Waals surface area contributed by atoms with Crippen LogP contribution in [0.4, 0.5) is 17.6 Å². The Morgan fingerprint density at radius 1 is 1.17 bits per heavy atom. The summed E-state index contributed by atoms with van der Waals surface area (Å²) in [5, 5.41) is 11.2. The highest BCUT2D eigenvalue weighted by Gasteiger charge is 2.59. The molecule has 1 heterocycles. The zero-order valence-electron chi connectivity index (χ0n) is 21.7. The highest BCUT2D eigenvalue weighted by atomic mass is 35.5. The minimum Gasteiger partial charge on any atom is -0.493 e. The quantitative estimate of drug-likeness (QED) is 0.158. The molecule has 9 nitrogen and oxygen atoms in total. The zero-order chi connectivity index (χ0) is 30.8. The van der Waals surface area contributed by atoms with Crippen LogP contribution in [0.5, 0.6) is 11.5 Å². The Kier molecular flexibility index (Phi) is 9.21. The number of halogens is 5. The van der Waals surface area contributed by atoms with Gasteiger partial charge in [-0.05, 0) is 66.9 Å². The largest absolute Gasteiger partial charge is 0.493 e. The van der Waals surface area contributed by atoms with E-state index >= 15 is 0 Å². The third-order valence-corrected chi connectivity index (χ3v) is 7.64. The number of carbonyl (C=O) groups is 2. The molecule has 1 aromatic heterocycles. The van der Waals surface area contributed by atoms with Crippen molar-refractivity contribution >= 4 is 35.5 Å². The van der Waals surface area contributed by atoms with Gasteiger partial charge in [-0.3, -0.25) is 14.6 Å². The monoisotopic (exact) mass is 629 g/mol. The van der Waals surface area contributed by atoms with Crippen LogP contribution >= 0.6 is 23.6 Å². The first-order chi connectivity index (χ1) is 19.8. The van der Waals surface area contributed by atoms with Crippen molar-refractivity contribution in [3.63, 3.8) is 0 Å². The number of nitrogens with two attached hydrogens (primary N) is 1. The van der Waals surface area contributed by atoms with Crippen LogP contribution in [0.2, 0.25) is 5.02 Å². The van der Waals surface area contributed by atoms with Crippen molar-refractivity contribution in [3.8, 4) is 22.8 Å². The molecule has 4 rings (SSSR count). The normalized spacial score (nSPS) is 15.4. The Labute approximate surface area is 246 Å². The molecule has 1 aliphatic rings. The number of benzene rings is 2. The maximum absolute atomic E-state index is 14.7. The molecule has 1 aliphatic carbocycles. The summed E-state index contributed by atoms with van der Waals surface area (Å²) < 4.78 is 75.7. The molecule has 2 unspecified atom stereocenters. The van der Waals surface area contributed by atoms with Crippen LogP contribution in [0.25, 0.3) is 11.3 Å². The van der Waals surface area contributed by atoms with Crippen molar-refractivity contribution in [2.24, 2.45) is 5.73 Å². The van der Waals surface area contributed by atoms with E-state index in [1.807, 2.05) is 0 Å². The summed E-state index contributed by atoms with van der Waals surface area (Å²) >= 11 is 5.19. The van der Waals surface area contributed by atoms with E-state index in [4.69, 9.17) is 26.8 Å². The number of alkyl halides is 3. The predicted molar refractivity (Wildman–Crippen MR) is 146 cm³/mol. The second-order valence-electron chi connectivity index (χ2n) is 9.40. The standard InChI is InChI=1S/C27H24ClF4N3O6S/c1-40-21-10-14(3-7-20(21)41-16-4-5-16)24(36)34-12-26(42-39,27(30,31)32)22-11-15(23(33)25(37)38)9-19(35-22)13-2-6-18(29)17(28)8-13/h2-3,6-11,16,23,39H,4-5,12,33H2,1H3,(H,34,36)(H,37,38). The van der Waals surface area contributed by atoms with Gasteiger partial charge in [0.2, 0.25) is 0 Å². The number of rotatable bonds is 11. The zero-order valence-corrected chi connectivity index (χ0v) is 23.3. The van der Waals surface area contributed by atoms with Crippen molar-refractivity contribution in [2.45, 2.75) is 35.9 Å². The van der Waals surface area contributed by atoms with Gasteiger partial charge in [0.25, 0.3) is 5.91 Å². The van der Waals surface area contributed by atoms with E-state index < -0.39 is 58.9 Å². The van der Waals surface area contributed by atoms with Gasteiger partial charge in [0.05, 0.1) is 29.6 Å². The molecule has 0 aliphatic heterocycles. The lowest BCUT2D eigenvalue weighted by molar-refractivity contribution is -0.162. The van der Waals surface area contributed by atoms with Gasteiger partial charge in [-0.1, -0.05) is 11.6 Å². The second-order valence-corrected chi connectivity index (χ2v) is 10.7. The molecule has 224 valence electrons. The number of nitrogens with one attached hydrogen (secondary N) is 1. The van der Waals surface area contributed by atoms with Crippen LogP contribution in [0.15, 0.2) is 48.5 Å².